The van der Waals surface area contributed by atoms with Gasteiger partial charge >= 0.3 is 0 Å². The Kier molecular flexibility index (Phi) is 4.79. The molecule has 7 heteroatoms. The van der Waals surface area contributed by atoms with Crippen LogP contribution in [0.15, 0.2) is 18.2 Å². The molecule has 1 fully saturated rings. The molecule has 3 rings (SSSR count). The molecule has 0 aliphatic carbocycles. The van der Waals surface area contributed by atoms with Gasteiger partial charge in [-0.1, -0.05) is 31.7 Å². The van der Waals surface area contributed by atoms with E-state index in [1.54, 1.807) is 0 Å². The zero-order valence-electron chi connectivity index (χ0n) is 13.1. The van der Waals surface area contributed by atoms with Crippen LogP contribution in [0.1, 0.15) is 0 Å². The van der Waals surface area contributed by atoms with E-state index in [9.17, 15) is 0 Å². The molecule has 1 aliphatic heterocycles. The van der Waals surface area contributed by atoms with Gasteiger partial charge in [-0.15, -0.1) is 10.2 Å². The Morgan fingerprint density at radius 2 is 2.14 bits per heavy atom. The molecule has 0 spiro atoms. The second kappa shape index (κ2) is 6.63. The highest BCUT2D eigenvalue weighted by Gasteiger charge is 2.18. The zero-order chi connectivity index (χ0) is 15.7. The maximum Gasteiger partial charge on any atom is 0.159 e. The van der Waals surface area contributed by atoms with Crippen LogP contribution in [0.3, 0.4) is 0 Å². The van der Waals surface area contributed by atoms with Gasteiger partial charge in [-0.2, -0.15) is 0 Å². The molecule has 1 atom stereocenters. The number of fused-ring (bicyclic) bond motifs is 1. The maximum absolute atomic E-state index is 6.21. The number of aromatic nitrogens is 2. The number of anilines is 1. The minimum Gasteiger partial charge on any atom is -0.352 e. The summed E-state index contributed by atoms with van der Waals surface area (Å²) in [5.41, 5.74) is 0. The second-order valence-electron chi connectivity index (χ2n) is 5.88. The largest absolute Gasteiger partial charge is 0.352 e. The van der Waals surface area contributed by atoms with Crippen LogP contribution in [0.4, 0.5) is 5.82 Å². The topological polar surface area (TPSA) is 53.1 Å². The predicted octanol–water partition coefficient (Wildman–Crippen LogP) is 1.92. The summed E-state index contributed by atoms with van der Waals surface area (Å²) < 4.78 is 0. The molecule has 2 heterocycles. The van der Waals surface area contributed by atoms with Crippen molar-refractivity contribution in [3.05, 3.63) is 23.4 Å². The first kappa shape index (κ1) is 15.9. The Bertz CT molecular complexity index is 678. The summed E-state index contributed by atoms with van der Waals surface area (Å²) in [7, 11) is 1.97. The summed E-state index contributed by atoms with van der Waals surface area (Å²) in [4.78, 5) is 2.29. The lowest BCUT2D eigenvalue weighted by atomic mass is 10.2. The molecule has 2 N–H and O–H groups in total. The summed E-state index contributed by atoms with van der Waals surface area (Å²) in [6.07, 6.45) is 0.172. The smallest absolute Gasteiger partial charge is 0.159 e. The SMILES string of the molecule is CN1CCN[C@H](Nc2nnc(Cl)c3ccc(P(C)C)cc23)C1. The lowest BCUT2D eigenvalue weighted by Crippen LogP contribution is -2.52. The van der Waals surface area contributed by atoms with Crippen molar-refractivity contribution >= 4 is 41.4 Å². The van der Waals surface area contributed by atoms with Crippen LogP contribution in [-0.4, -0.2) is 61.3 Å². The fourth-order valence-corrected chi connectivity index (χ4v) is 3.62. The first-order valence-corrected chi connectivity index (χ1v) is 9.98. The van der Waals surface area contributed by atoms with Gasteiger partial charge in [0.05, 0.1) is 6.17 Å². The normalized spacial score (nSPS) is 19.8. The lowest BCUT2D eigenvalue weighted by molar-refractivity contribution is 0.252. The third-order valence-corrected chi connectivity index (χ3v) is 5.51. The molecule has 1 saturated heterocycles. The van der Waals surface area contributed by atoms with Crippen LogP contribution >= 0.6 is 19.5 Å². The van der Waals surface area contributed by atoms with E-state index in [-0.39, 0.29) is 14.1 Å². The monoisotopic (exact) mass is 337 g/mol. The van der Waals surface area contributed by atoms with Crippen LogP contribution in [-0.2, 0) is 0 Å². The molecule has 5 nitrogen and oxygen atoms in total. The van der Waals surface area contributed by atoms with Gasteiger partial charge in [-0.25, -0.2) is 0 Å². The van der Waals surface area contributed by atoms with Crippen molar-refractivity contribution in [1.82, 2.24) is 20.4 Å². The van der Waals surface area contributed by atoms with Crippen molar-refractivity contribution in [2.75, 3.05) is 45.3 Å². The summed E-state index contributed by atoms with van der Waals surface area (Å²) in [5.74, 6) is 0.797. The summed E-state index contributed by atoms with van der Waals surface area (Å²) in [6, 6.07) is 6.38. The van der Waals surface area contributed by atoms with E-state index < -0.39 is 0 Å². The molecule has 1 aliphatic rings. The van der Waals surface area contributed by atoms with Crippen molar-refractivity contribution in [2.45, 2.75) is 6.17 Å². The minimum absolute atomic E-state index is 0.160. The van der Waals surface area contributed by atoms with Gasteiger partial charge in [-0.3, -0.25) is 5.32 Å². The van der Waals surface area contributed by atoms with E-state index in [1.165, 1.54) is 5.30 Å². The number of hydrogen-bond acceptors (Lipinski definition) is 5. The van der Waals surface area contributed by atoms with Crippen LogP contribution in [0.25, 0.3) is 10.8 Å². The van der Waals surface area contributed by atoms with E-state index in [0.29, 0.717) is 5.15 Å². The van der Waals surface area contributed by atoms with E-state index in [4.69, 9.17) is 11.6 Å². The predicted molar refractivity (Wildman–Crippen MR) is 95.9 cm³/mol. The second-order valence-corrected chi connectivity index (χ2v) is 8.54. The molecular weight excluding hydrogens is 317 g/mol. The average molecular weight is 338 g/mol. The standard InChI is InChI=1S/C15H21ClN5P/c1-21-7-6-17-13(9-21)18-15-12-8-10(22(2)3)4-5-11(12)14(16)19-20-15/h4-5,8,13,17H,6-7,9H2,1-3H3,(H,18,20)/t13-/m1/s1. The van der Waals surface area contributed by atoms with Gasteiger partial charge < -0.3 is 10.2 Å². The molecule has 22 heavy (non-hydrogen) atoms. The first-order valence-electron chi connectivity index (χ1n) is 7.36. The highest BCUT2D eigenvalue weighted by Crippen LogP contribution is 2.30. The summed E-state index contributed by atoms with van der Waals surface area (Å²) >= 11 is 6.21. The number of likely N-dealkylation sites (N-methyl/N-ethyl adjacent to an activating group) is 1. The molecule has 1 aromatic carbocycles. The van der Waals surface area contributed by atoms with Crippen LogP contribution in [0, 0.1) is 0 Å². The first-order chi connectivity index (χ1) is 10.5. The molecule has 2 aromatic rings. The van der Waals surface area contributed by atoms with Gasteiger partial charge in [0.25, 0.3) is 0 Å². The third-order valence-electron chi connectivity index (χ3n) is 3.92. The minimum atomic E-state index is -0.160. The summed E-state index contributed by atoms with van der Waals surface area (Å²) in [6.45, 7) is 7.45. The van der Waals surface area contributed by atoms with Crippen LogP contribution in [0.2, 0.25) is 5.15 Å². The van der Waals surface area contributed by atoms with Crippen molar-refractivity contribution in [3.63, 3.8) is 0 Å². The van der Waals surface area contributed by atoms with Gasteiger partial charge in [0.2, 0.25) is 0 Å². The Hall–Kier alpha value is -1.00. The average Bonchev–Trinajstić information content (AvgIpc) is 2.50. The molecule has 0 bridgehead atoms. The van der Waals surface area contributed by atoms with E-state index in [1.807, 2.05) is 0 Å². The van der Waals surface area contributed by atoms with E-state index in [0.717, 1.165) is 36.2 Å². The fraction of sp³-hybridized carbons (Fsp3) is 0.467. The molecule has 1 aromatic heterocycles. The Morgan fingerprint density at radius 1 is 1.32 bits per heavy atom. The van der Waals surface area contributed by atoms with Gasteiger partial charge in [-0.05, 0) is 31.7 Å². The number of nitrogens with zero attached hydrogens (tertiary/aromatic N) is 3. The van der Waals surface area contributed by atoms with Crippen LogP contribution < -0.4 is 15.9 Å². The maximum atomic E-state index is 6.21. The number of piperazine rings is 1. The Balaban J connectivity index is 1.97. The number of nitrogens with one attached hydrogen (secondary N) is 2. The van der Waals surface area contributed by atoms with Gasteiger partial charge in [0, 0.05) is 30.4 Å². The quantitative estimate of drug-likeness (QED) is 0.838. The summed E-state index contributed by atoms with van der Waals surface area (Å²) in [5, 5.41) is 19.1. The number of benzene rings is 1. The van der Waals surface area contributed by atoms with Crippen molar-refractivity contribution < 1.29 is 0 Å². The van der Waals surface area contributed by atoms with Crippen molar-refractivity contribution in [1.29, 1.82) is 0 Å². The molecule has 0 radical (unpaired) electrons. The zero-order valence-corrected chi connectivity index (χ0v) is 14.7. The molecule has 118 valence electrons. The number of rotatable bonds is 3. The van der Waals surface area contributed by atoms with Crippen LogP contribution in [0.5, 0.6) is 0 Å². The Morgan fingerprint density at radius 3 is 2.86 bits per heavy atom. The lowest BCUT2D eigenvalue weighted by Gasteiger charge is -2.31. The third kappa shape index (κ3) is 3.33. The van der Waals surface area contributed by atoms with E-state index >= 15 is 0 Å². The van der Waals surface area contributed by atoms with Crippen molar-refractivity contribution in [2.24, 2.45) is 0 Å². The highest BCUT2D eigenvalue weighted by atomic mass is 35.5. The van der Waals surface area contributed by atoms with Gasteiger partial charge in [0.15, 0.2) is 11.0 Å². The highest BCUT2D eigenvalue weighted by molar-refractivity contribution is 7.64. The molecule has 0 unspecified atom stereocenters. The molecule has 0 amide bonds. The molecular formula is C15H21ClN5P. The van der Waals surface area contributed by atoms with E-state index in [2.05, 4.69) is 64.3 Å². The number of hydrogen-bond donors (Lipinski definition) is 2. The Labute approximate surface area is 137 Å². The molecule has 0 saturated carbocycles. The number of halogens is 1. The van der Waals surface area contributed by atoms with Gasteiger partial charge in [0.1, 0.15) is 0 Å². The van der Waals surface area contributed by atoms with Crippen molar-refractivity contribution in [3.8, 4) is 0 Å². The fourth-order valence-electron chi connectivity index (χ4n) is 2.65.